The standard InChI is InChI=1S/C11H12N2O2S3/c1-2-15-9(14)5-7-17-11-10(18-13-12-11)8-4-3-6-16-8/h3-4,6H,2,5,7H2,1H3. The van der Waals surface area contributed by atoms with Gasteiger partial charge in [-0.25, -0.2) is 0 Å². The van der Waals surface area contributed by atoms with Crippen molar-refractivity contribution in [1.29, 1.82) is 0 Å². The Morgan fingerprint density at radius 1 is 1.56 bits per heavy atom. The van der Waals surface area contributed by atoms with Gasteiger partial charge in [0, 0.05) is 10.6 Å². The number of hydrogen-bond donors (Lipinski definition) is 0. The van der Waals surface area contributed by atoms with Crippen LogP contribution >= 0.6 is 34.6 Å². The summed E-state index contributed by atoms with van der Waals surface area (Å²) in [4.78, 5) is 13.5. The molecule has 96 valence electrons. The zero-order chi connectivity index (χ0) is 12.8. The van der Waals surface area contributed by atoms with Crippen molar-refractivity contribution in [3.05, 3.63) is 17.5 Å². The molecule has 0 unspecified atom stereocenters. The fourth-order valence-corrected chi connectivity index (χ4v) is 3.91. The van der Waals surface area contributed by atoms with Gasteiger partial charge in [0.1, 0.15) is 5.03 Å². The predicted octanol–water partition coefficient (Wildman–Crippen LogP) is 3.31. The highest BCUT2D eigenvalue weighted by molar-refractivity contribution is 7.99. The summed E-state index contributed by atoms with van der Waals surface area (Å²) in [5.41, 5.74) is 0. The number of carbonyl (C=O) groups excluding carboxylic acids is 1. The van der Waals surface area contributed by atoms with Crippen LogP contribution in [0.25, 0.3) is 9.75 Å². The molecule has 0 aliphatic rings. The summed E-state index contributed by atoms with van der Waals surface area (Å²) in [6, 6.07) is 4.06. The van der Waals surface area contributed by atoms with Gasteiger partial charge in [0.05, 0.1) is 17.9 Å². The van der Waals surface area contributed by atoms with Crippen LogP contribution in [-0.4, -0.2) is 27.9 Å². The molecular weight excluding hydrogens is 288 g/mol. The maximum absolute atomic E-state index is 11.2. The molecule has 0 radical (unpaired) electrons. The third kappa shape index (κ3) is 3.54. The Labute approximate surface area is 118 Å². The maximum Gasteiger partial charge on any atom is 0.306 e. The summed E-state index contributed by atoms with van der Waals surface area (Å²) in [5, 5.41) is 7.03. The van der Waals surface area contributed by atoms with Crippen molar-refractivity contribution in [1.82, 2.24) is 9.59 Å². The Kier molecular flexibility index (Phi) is 5.15. The number of ether oxygens (including phenoxy) is 1. The SMILES string of the molecule is CCOC(=O)CCSc1nnsc1-c1cccs1. The molecule has 2 rings (SSSR count). The van der Waals surface area contributed by atoms with E-state index in [2.05, 4.69) is 15.7 Å². The summed E-state index contributed by atoms with van der Waals surface area (Å²) in [7, 11) is 0. The van der Waals surface area contributed by atoms with Gasteiger partial charge in [0.25, 0.3) is 0 Å². The predicted molar refractivity (Wildman–Crippen MR) is 75.2 cm³/mol. The van der Waals surface area contributed by atoms with E-state index in [1.165, 1.54) is 16.4 Å². The Hall–Kier alpha value is -0.920. The van der Waals surface area contributed by atoms with Gasteiger partial charge in [-0.2, -0.15) is 0 Å². The van der Waals surface area contributed by atoms with Gasteiger partial charge < -0.3 is 4.74 Å². The molecule has 4 nitrogen and oxygen atoms in total. The molecule has 0 saturated heterocycles. The number of aromatic nitrogens is 2. The topological polar surface area (TPSA) is 52.1 Å². The summed E-state index contributed by atoms with van der Waals surface area (Å²) in [6.07, 6.45) is 0.403. The average Bonchev–Trinajstić information content (AvgIpc) is 2.98. The van der Waals surface area contributed by atoms with E-state index < -0.39 is 0 Å². The lowest BCUT2D eigenvalue weighted by molar-refractivity contribution is -0.142. The first-order chi connectivity index (χ1) is 8.81. The molecule has 0 aliphatic carbocycles. The molecule has 0 aromatic carbocycles. The molecule has 7 heteroatoms. The van der Waals surface area contributed by atoms with Gasteiger partial charge >= 0.3 is 5.97 Å². The van der Waals surface area contributed by atoms with Gasteiger partial charge in [0.2, 0.25) is 0 Å². The van der Waals surface area contributed by atoms with Gasteiger partial charge in [-0.3, -0.25) is 4.79 Å². The normalized spacial score (nSPS) is 10.5. The molecule has 2 aromatic heterocycles. The van der Waals surface area contributed by atoms with Crippen molar-refractivity contribution in [2.24, 2.45) is 0 Å². The molecule has 0 bridgehead atoms. The molecular formula is C11H12N2O2S3. The minimum absolute atomic E-state index is 0.161. The van der Waals surface area contributed by atoms with Crippen LogP contribution in [0.2, 0.25) is 0 Å². The smallest absolute Gasteiger partial charge is 0.306 e. The molecule has 2 heterocycles. The Morgan fingerprint density at radius 3 is 3.17 bits per heavy atom. The number of thioether (sulfide) groups is 1. The highest BCUT2D eigenvalue weighted by Crippen LogP contribution is 2.35. The van der Waals surface area contributed by atoms with Crippen LogP contribution in [0.4, 0.5) is 0 Å². The van der Waals surface area contributed by atoms with Crippen LogP contribution in [0.1, 0.15) is 13.3 Å². The van der Waals surface area contributed by atoms with Crippen LogP contribution < -0.4 is 0 Å². The first-order valence-corrected chi connectivity index (χ1v) is 8.09. The Balaban J connectivity index is 1.91. The monoisotopic (exact) mass is 300 g/mol. The summed E-state index contributed by atoms with van der Waals surface area (Å²) in [6.45, 7) is 2.24. The number of rotatable bonds is 6. The van der Waals surface area contributed by atoms with E-state index in [1.807, 2.05) is 18.4 Å². The van der Waals surface area contributed by atoms with E-state index in [0.717, 1.165) is 9.90 Å². The van der Waals surface area contributed by atoms with Crippen LogP contribution in [0.3, 0.4) is 0 Å². The first kappa shape index (κ1) is 13.5. The summed E-state index contributed by atoms with van der Waals surface area (Å²) in [5.74, 6) is 0.508. The van der Waals surface area contributed by atoms with Crippen molar-refractivity contribution in [2.75, 3.05) is 12.4 Å². The van der Waals surface area contributed by atoms with Crippen LogP contribution in [0.5, 0.6) is 0 Å². The van der Waals surface area contributed by atoms with Gasteiger partial charge in [-0.05, 0) is 29.9 Å². The number of esters is 1. The molecule has 0 aliphatic heterocycles. The van der Waals surface area contributed by atoms with Crippen molar-refractivity contribution < 1.29 is 9.53 Å². The van der Waals surface area contributed by atoms with Crippen molar-refractivity contribution in [3.8, 4) is 9.75 Å². The fourth-order valence-electron chi connectivity index (χ4n) is 1.30. The molecule has 0 amide bonds. The van der Waals surface area contributed by atoms with E-state index in [0.29, 0.717) is 18.8 Å². The van der Waals surface area contributed by atoms with E-state index in [4.69, 9.17) is 4.74 Å². The van der Waals surface area contributed by atoms with Gasteiger partial charge in [-0.15, -0.1) is 28.2 Å². The van der Waals surface area contributed by atoms with Crippen LogP contribution in [-0.2, 0) is 9.53 Å². The number of carbonyl (C=O) groups is 1. The van der Waals surface area contributed by atoms with Gasteiger partial charge in [-0.1, -0.05) is 10.6 Å². The lowest BCUT2D eigenvalue weighted by Gasteiger charge is -2.01. The van der Waals surface area contributed by atoms with Crippen molar-refractivity contribution in [2.45, 2.75) is 18.4 Å². The second kappa shape index (κ2) is 6.86. The highest BCUT2D eigenvalue weighted by Gasteiger charge is 2.12. The molecule has 18 heavy (non-hydrogen) atoms. The summed E-state index contributed by atoms with van der Waals surface area (Å²) >= 11 is 4.61. The average molecular weight is 300 g/mol. The Bertz CT molecular complexity index is 496. The molecule has 0 N–H and O–H groups in total. The lowest BCUT2D eigenvalue weighted by atomic mass is 10.4. The van der Waals surface area contributed by atoms with E-state index >= 15 is 0 Å². The number of hydrogen-bond acceptors (Lipinski definition) is 7. The van der Waals surface area contributed by atoms with Crippen molar-refractivity contribution >= 4 is 40.6 Å². The molecule has 0 fully saturated rings. The zero-order valence-corrected chi connectivity index (χ0v) is 12.2. The second-order valence-electron chi connectivity index (χ2n) is 3.29. The van der Waals surface area contributed by atoms with Crippen LogP contribution in [0.15, 0.2) is 22.5 Å². The fraction of sp³-hybridized carbons (Fsp3) is 0.364. The lowest BCUT2D eigenvalue weighted by Crippen LogP contribution is -2.04. The highest BCUT2D eigenvalue weighted by atomic mass is 32.2. The largest absolute Gasteiger partial charge is 0.466 e. The van der Waals surface area contributed by atoms with Crippen molar-refractivity contribution in [3.63, 3.8) is 0 Å². The Morgan fingerprint density at radius 2 is 2.44 bits per heavy atom. The van der Waals surface area contributed by atoms with E-state index in [9.17, 15) is 4.79 Å². The number of thiophene rings is 1. The maximum atomic E-state index is 11.2. The molecule has 0 saturated carbocycles. The molecule has 0 spiro atoms. The van der Waals surface area contributed by atoms with Crippen LogP contribution in [0, 0.1) is 0 Å². The first-order valence-electron chi connectivity index (χ1n) is 5.46. The molecule has 2 aromatic rings. The third-order valence-corrected chi connectivity index (χ3v) is 4.93. The van der Waals surface area contributed by atoms with E-state index in [-0.39, 0.29) is 5.97 Å². The third-order valence-electron chi connectivity index (χ3n) is 2.05. The quantitative estimate of drug-likeness (QED) is 0.605. The minimum atomic E-state index is -0.161. The zero-order valence-electron chi connectivity index (χ0n) is 9.79. The second-order valence-corrected chi connectivity index (χ2v) is 6.07. The molecule has 0 atom stereocenters. The summed E-state index contributed by atoms with van der Waals surface area (Å²) < 4.78 is 8.85. The number of nitrogens with zero attached hydrogens (tertiary/aromatic N) is 2. The van der Waals surface area contributed by atoms with E-state index in [1.54, 1.807) is 23.1 Å². The van der Waals surface area contributed by atoms with Gasteiger partial charge in [0.15, 0.2) is 0 Å². The minimum Gasteiger partial charge on any atom is -0.466 e.